The number of carbonyl (C=O) groups excluding carboxylic acids is 2. The predicted molar refractivity (Wildman–Crippen MR) is 82.1 cm³/mol. The topological polar surface area (TPSA) is 76.4 Å². The Morgan fingerprint density at radius 3 is 2.50 bits per heavy atom. The summed E-state index contributed by atoms with van der Waals surface area (Å²) >= 11 is 0. The van der Waals surface area contributed by atoms with Gasteiger partial charge in [-0.2, -0.15) is 5.10 Å². The minimum absolute atomic E-state index is 0.0855. The van der Waals surface area contributed by atoms with Crippen molar-refractivity contribution >= 4 is 23.0 Å². The lowest BCUT2D eigenvalue weighted by atomic mass is 10.2. The van der Waals surface area contributed by atoms with Crippen LogP contribution in [-0.2, 0) is 0 Å². The molecule has 1 aromatic carbocycles. The fraction of sp³-hybridized carbons (Fsp3) is 0.125. The van der Waals surface area contributed by atoms with Crippen LogP contribution in [0.4, 0.5) is 5.69 Å². The van der Waals surface area contributed by atoms with Crippen molar-refractivity contribution in [2.45, 2.75) is 13.8 Å². The van der Waals surface area contributed by atoms with Gasteiger partial charge in [0.1, 0.15) is 5.56 Å². The van der Waals surface area contributed by atoms with E-state index in [1.807, 2.05) is 18.2 Å². The molecular weight excluding hydrogens is 280 g/mol. The van der Waals surface area contributed by atoms with E-state index in [0.29, 0.717) is 28.2 Å². The van der Waals surface area contributed by atoms with Crippen LogP contribution in [0.2, 0.25) is 0 Å². The Kier molecular flexibility index (Phi) is 3.42. The highest BCUT2D eigenvalue weighted by atomic mass is 16.1. The standard InChI is InChI=1S/C16H14N4O2/c1-10-13(11(2)21)8-17-15-14(9-18-20(10)15)16(22)19-12-6-4-3-5-7-12/h3-9H,1-2H3,(H,19,22). The fourth-order valence-corrected chi connectivity index (χ4v) is 2.27. The molecule has 1 amide bonds. The van der Waals surface area contributed by atoms with E-state index in [4.69, 9.17) is 0 Å². The number of Topliss-reactive ketones (excluding diaryl/α,β-unsaturated/α-hetero) is 1. The SMILES string of the molecule is CC(=O)c1cnc2c(C(=O)Nc3ccccc3)cnn2c1C. The van der Waals surface area contributed by atoms with Gasteiger partial charge in [0.2, 0.25) is 0 Å². The van der Waals surface area contributed by atoms with E-state index >= 15 is 0 Å². The van der Waals surface area contributed by atoms with Crippen LogP contribution in [0.5, 0.6) is 0 Å². The Balaban J connectivity index is 2.00. The lowest BCUT2D eigenvalue weighted by Gasteiger charge is -2.05. The van der Waals surface area contributed by atoms with Crippen LogP contribution >= 0.6 is 0 Å². The summed E-state index contributed by atoms with van der Waals surface area (Å²) in [6.45, 7) is 3.25. The Hall–Kier alpha value is -3.02. The summed E-state index contributed by atoms with van der Waals surface area (Å²) in [4.78, 5) is 28.1. The Labute approximate surface area is 126 Å². The number of aryl methyl sites for hydroxylation is 1. The first kappa shape index (κ1) is 13.9. The van der Waals surface area contributed by atoms with Gasteiger partial charge < -0.3 is 5.32 Å². The fourth-order valence-electron chi connectivity index (χ4n) is 2.27. The number of aromatic nitrogens is 3. The molecule has 3 aromatic rings. The highest BCUT2D eigenvalue weighted by molar-refractivity contribution is 6.08. The van der Waals surface area contributed by atoms with Crippen LogP contribution in [0.1, 0.15) is 33.3 Å². The van der Waals surface area contributed by atoms with Crippen molar-refractivity contribution in [3.8, 4) is 0 Å². The third-order valence-corrected chi connectivity index (χ3v) is 3.42. The number of carbonyl (C=O) groups is 2. The molecule has 0 fully saturated rings. The first-order valence-electron chi connectivity index (χ1n) is 6.78. The number of hydrogen-bond donors (Lipinski definition) is 1. The van der Waals surface area contributed by atoms with Crippen molar-refractivity contribution in [2.75, 3.05) is 5.32 Å². The van der Waals surface area contributed by atoms with Crippen molar-refractivity contribution in [2.24, 2.45) is 0 Å². The molecule has 2 aromatic heterocycles. The number of nitrogens with one attached hydrogen (secondary N) is 1. The number of benzene rings is 1. The Bertz CT molecular complexity index is 868. The maximum atomic E-state index is 12.3. The summed E-state index contributed by atoms with van der Waals surface area (Å²) in [7, 11) is 0. The minimum atomic E-state index is -0.288. The molecule has 0 radical (unpaired) electrons. The first-order valence-corrected chi connectivity index (χ1v) is 6.78. The zero-order chi connectivity index (χ0) is 15.7. The molecule has 22 heavy (non-hydrogen) atoms. The second kappa shape index (κ2) is 5.40. The summed E-state index contributed by atoms with van der Waals surface area (Å²) in [5.74, 6) is -0.374. The van der Waals surface area contributed by atoms with Gasteiger partial charge in [-0.25, -0.2) is 9.50 Å². The van der Waals surface area contributed by atoms with Gasteiger partial charge in [-0.3, -0.25) is 9.59 Å². The van der Waals surface area contributed by atoms with Gasteiger partial charge in [0.15, 0.2) is 11.4 Å². The number of anilines is 1. The number of fused-ring (bicyclic) bond motifs is 1. The highest BCUT2D eigenvalue weighted by Gasteiger charge is 2.17. The van der Waals surface area contributed by atoms with Crippen LogP contribution in [0.15, 0.2) is 42.7 Å². The summed E-state index contributed by atoms with van der Waals surface area (Å²) in [5.41, 5.74) is 2.64. The number of para-hydroxylation sites is 1. The Morgan fingerprint density at radius 2 is 1.82 bits per heavy atom. The van der Waals surface area contributed by atoms with Crippen molar-refractivity contribution in [3.05, 3.63) is 59.5 Å². The summed E-state index contributed by atoms with van der Waals surface area (Å²) in [5, 5.41) is 6.96. The molecule has 0 saturated heterocycles. The van der Waals surface area contributed by atoms with Gasteiger partial charge in [0, 0.05) is 11.9 Å². The average molecular weight is 294 g/mol. The predicted octanol–water partition coefficient (Wildman–Crippen LogP) is 2.49. The third-order valence-electron chi connectivity index (χ3n) is 3.42. The molecule has 0 aliphatic rings. The molecule has 0 unspecified atom stereocenters. The molecule has 110 valence electrons. The van der Waals surface area contributed by atoms with Gasteiger partial charge in [-0.1, -0.05) is 18.2 Å². The molecule has 0 atom stereocenters. The number of ketones is 1. The number of hydrogen-bond acceptors (Lipinski definition) is 4. The van der Waals surface area contributed by atoms with Crippen molar-refractivity contribution in [3.63, 3.8) is 0 Å². The van der Waals surface area contributed by atoms with E-state index in [0.717, 1.165) is 0 Å². The maximum Gasteiger partial charge on any atom is 0.261 e. The number of nitrogens with zero attached hydrogens (tertiary/aromatic N) is 3. The molecule has 1 N–H and O–H groups in total. The van der Waals surface area contributed by atoms with E-state index in [9.17, 15) is 9.59 Å². The highest BCUT2D eigenvalue weighted by Crippen LogP contribution is 2.15. The molecule has 0 aliphatic heterocycles. The minimum Gasteiger partial charge on any atom is -0.322 e. The van der Waals surface area contributed by atoms with Gasteiger partial charge in [0.25, 0.3) is 5.91 Å². The monoisotopic (exact) mass is 294 g/mol. The maximum absolute atomic E-state index is 12.3. The van der Waals surface area contributed by atoms with Gasteiger partial charge in [-0.05, 0) is 26.0 Å². The van der Waals surface area contributed by atoms with Crippen LogP contribution in [0.25, 0.3) is 5.65 Å². The van der Waals surface area contributed by atoms with Gasteiger partial charge in [0.05, 0.1) is 17.5 Å². The lowest BCUT2D eigenvalue weighted by Crippen LogP contribution is -2.12. The first-order chi connectivity index (χ1) is 10.6. The lowest BCUT2D eigenvalue weighted by molar-refractivity contribution is 0.101. The number of amides is 1. The van der Waals surface area contributed by atoms with Crippen LogP contribution in [0.3, 0.4) is 0 Å². The van der Waals surface area contributed by atoms with Gasteiger partial charge in [-0.15, -0.1) is 0 Å². The molecule has 0 aliphatic carbocycles. The summed E-state index contributed by atoms with van der Waals surface area (Å²) < 4.78 is 1.51. The van der Waals surface area contributed by atoms with E-state index in [-0.39, 0.29) is 11.7 Å². The van der Waals surface area contributed by atoms with E-state index < -0.39 is 0 Å². The second-order valence-electron chi connectivity index (χ2n) is 4.93. The van der Waals surface area contributed by atoms with Crippen molar-refractivity contribution in [1.29, 1.82) is 0 Å². The molecule has 0 bridgehead atoms. The molecule has 2 heterocycles. The van der Waals surface area contributed by atoms with Crippen LogP contribution in [0, 0.1) is 6.92 Å². The van der Waals surface area contributed by atoms with E-state index in [1.165, 1.54) is 23.8 Å². The smallest absolute Gasteiger partial charge is 0.261 e. The molecular formula is C16H14N4O2. The van der Waals surface area contributed by atoms with Crippen LogP contribution in [-0.4, -0.2) is 26.3 Å². The van der Waals surface area contributed by atoms with Gasteiger partial charge >= 0.3 is 0 Å². The van der Waals surface area contributed by atoms with Crippen molar-refractivity contribution in [1.82, 2.24) is 14.6 Å². The molecule has 6 nitrogen and oxygen atoms in total. The molecule has 3 rings (SSSR count). The van der Waals surface area contributed by atoms with E-state index in [2.05, 4.69) is 15.4 Å². The molecule has 0 spiro atoms. The van der Waals surface area contributed by atoms with Crippen LogP contribution < -0.4 is 5.32 Å². The largest absolute Gasteiger partial charge is 0.322 e. The molecule has 6 heteroatoms. The third kappa shape index (κ3) is 2.35. The zero-order valence-corrected chi connectivity index (χ0v) is 12.2. The number of rotatable bonds is 3. The zero-order valence-electron chi connectivity index (χ0n) is 12.2. The average Bonchev–Trinajstić information content (AvgIpc) is 2.93. The summed E-state index contributed by atoms with van der Waals surface area (Å²) in [6, 6.07) is 9.16. The van der Waals surface area contributed by atoms with E-state index in [1.54, 1.807) is 19.1 Å². The summed E-state index contributed by atoms with van der Waals surface area (Å²) in [6.07, 6.45) is 2.94. The second-order valence-corrected chi connectivity index (χ2v) is 4.93. The molecule has 0 saturated carbocycles. The Morgan fingerprint density at radius 1 is 1.09 bits per heavy atom. The van der Waals surface area contributed by atoms with Crippen molar-refractivity contribution < 1.29 is 9.59 Å². The normalized spacial score (nSPS) is 10.6. The quantitative estimate of drug-likeness (QED) is 0.753.